The first kappa shape index (κ1) is 6.15. The van der Waals surface area contributed by atoms with E-state index >= 15 is 0 Å². The van der Waals surface area contributed by atoms with Crippen LogP contribution in [-0.4, -0.2) is 5.16 Å². The Morgan fingerprint density at radius 3 is 3.10 bits per heavy atom. The monoisotopic (exact) mass is 245 g/mol. The van der Waals surface area contributed by atoms with Crippen molar-refractivity contribution in [2.75, 3.05) is 0 Å². The van der Waals surface area contributed by atoms with Crippen LogP contribution in [0.25, 0.3) is 11.0 Å². The molecule has 0 atom stereocenters. The molecule has 0 aliphatic heterocycles. The molecule has 0 aliphatic rings. The van der Waals surface area contributed by atoms with Gasteiger partial charge in [-0.2, -0.15) is 0 Å². The number of benzene rings is 1. The Morgan fingerprint density at radius 2 is 2.30 bits per heavy atom. The molecule has 0 amide bonds. The fourth-order valence-corrected chi connectivity index (χ4v) is 1.48. The predicted molar refractivity (Wildman–Crippen MR) is 46.7 cm³/mol. The lowest BCUT2D eigenvalue weighted by Gasteiger charge is -1.86. The van der Waals surface area contributed by atoms with E-state index in [1.165, 1.54) is 0 Å². The molecule has 0 bridgehead atoms. The lowest BCUT2D eigenvalue weighted by atomic mass is 10.3. The lowest BCUT2D eigenvalue weighted by Crippen LogP contribution is -1.68. The van der Waals surface area contributed by atoms with E-state index in [1.54, 1.807) is 6.20 Å². The minimum Gasteiger partial charge on any atom is -0.355 e. The van der Waals surface area contributed by atoms with Crippen molar-refractivity contribution in [2.45, 2.75) is 0 Å². The highest BCUT2D eigenvalue weighted by molar-refractivity contribution is 14.1. The fraction of sp³-hybridized carbons (Fsp3) is 0. The van der Waals surface area contributed by atoms with Gasteiger partial charge in [0.1, 0.15) is 0 Å². The van der Waals surface area contributed by atoms with E-state index in [0.29, 0.717) is 0 Å². The summed E-state index contributed by atoms with van der Waals surface area (Å²) >= 11 is 2.22. The molecule has 0 unspecified atom stereocenters. The van der Waals surface area contributed by atoms with Gasteiger partial charge in [-0.15, -0.1) is 0 Å². The minimum atomic E-state index is 0.878. The Labute approximate surface area is 71.3 Å². The Morgan fingerprint density at radius 1 is 1.40 bits per heavy atom. The summed E-state index contributed by atoms with van der Waals surface area (Å²) in [6.07, 6.45) is 1.72. The molecule has 2 rings (SSSR count). The molecule has 0 spiro atoms. The van der Waals surface area contributed by atoms with Gasteiger partial charge in [0.15, 0.2) is 5.58 Å². The van der Waals surface area contributed by atoms with E-state index in [0.717, 1.165) is 14.5 Å². The van der Waals surface area contributed by atoms with Crippen LogP contribution in [0.1, 0.15) is 0 Å². The highest BCUT2D eigenvalue weighted by atomic mass is 127. The zero-order valence-electron chi connectivity index (χ0n) is 5.04. The quantitative estimate of drug-likeness (QED) is 0.666. The van der Waals surface area contributed by atoms with Crippen molar-refractivity contribution in [1.82, 2.24) is 5.16 Å². The van der Waals surface area contributed by atoms with Crippen LogP contribution in [0, 0.1) is 3.57 Å². The number of rotatable bonds is 0. The molecule has 1 heterocycles. The third-order valence-electron chi connectivity index (χ3n) is 1.33. The number of nitrogens with zero attached hydrogens (tertiary/aromatic N) is 1. The van der Waals surface area contributed by atoms with Crippen molar-refractivity contribution in [1.29, 1.82) is 0 Å². The first-order valence-electron chi connectivity index (χ1n) is 2.87. The molecule has 2 nitrogen and oxygen atoms in total. The molecular weight excluding hydrogens is 241 g/mol. The number of hydrogen-bond donors (Lipinski definition) is 0. The van der Waals surface area contributed by atoms with Crippen LogP contribution in [0.4, 0.5) is 0 Å². The number of halogens is 1. The third kappa shape index (κ3) is 0.811. The summed E-state index contributed by atoms with van der Waals surface area (Å²) in [5, 5.41) is 4.74. The van der Waals surface area contributed by atoms with Crippen LogP contribution >= 0.6 is 22.6 Å². The molecule has 3 heteroatoms. The molecule has 0 saturated carbocycles. The summed E-state index contributed by atoms with van der Waals surface area (Å²) in [5.41, 5.74) is 0.878. The Bertz CT molecular complexity index is 355. The summed E-state index contributed by atoms with van der Waals surface area (Å²) < 4.78 is 6.10. The molecule has 0 radical (unpaired) electrons. The molecule has 50 valence electrons. The van der Waals surface area contributed by atoms with Gasteiger partial charge >= 0.3 is 0 Å². The maximum absolute atomic E-state index is 4.99. The van der Waals surface area contributed by atoms with Crippen molar-refractivity contribution in [3.63, 3.8) is 0 Å². The van der Waals surface area contributed by atoms with Gasteiger partial charge in [0.25, 0.3) is 0 Å². The van der Waals surface area contributed by atoms with Gasteiger partial charge in [0, 0.05) is 5.39 Å². The minimum absolute atomic E-state index is 0.878. The molecule has 10 heavy (non-hydrogen) atoms. The smallest absolute Gasteiger partial charge is 0.180 e. The van der Waals surface area contributed by atoms with E-state index in [2.05, 4.69) is 27.7 Å². The number of fused-ring (bicyclic) bond motifs is 1. The van der Waals surface area contributed by atoms with Crippen LogP contribution in [0.2, 0.25) is 0 Å². The summed E-state index contributed by atoms with van der Waals surface area (Å²) in [5.74, 6) is 0. The summed E-state index contributed by atoms with van der Waals surface area (Å²) in [6.45, 7) is 0. The fourth-order valence-electron chi connectivity index (χ4n) is 0.859. The lowest BCUT2D eigenvalue weighted by molar-refractivity contribution is 0.455. The SMILES string of the molecule is Ic1cccc2cnoc12. The van der Waals surface area contributed by atoms with Gasteiger partial charge in [-0.25, -0.2) is 0 Å². The van der Waals surface area contributed by atoms with Crippen LogP contribution in [0.3, 0.4) is 0 Å². The maximum Gasteiger partial charge on any atom is 0.180 e. The number of hydrogen-bond acceptors (Lipinski definition) is 2. The summed E-state index contributed by atoms with van der Waals surface area (Å²) in [6, 6.07) is 5.96. The second-order valence-electron chi connectivity index (χ2n) is 1.98. The van der Waals surface area contributed by atoms with E-state index in [1.807, 2.05) is 18.2 Å². The molecule has 0 N–H and O–H groups in total. The molecule has 1 aromatic carbocycles. The van der Waals surface area contributed by atoms with E-state index in [-0.39, 0.29) is 0 Å². The average molecular weight is 245 g/mol. The van der Waals surface area contributed by atoms with Gasteiger partial charge < -0.3 is 4.52 Å². The average Bonchev–Trinajstić information content (AvgIpc) is 2.36. The van der Waals surface area contributed by atoms with Crippen LogP contribution in [-0.2, 0) is 0 Å². The van der Waals surface area contributed by atoms with Crippen molar-refractivity contribution in [3.05, 3.63) is 28.0 Å². The molecule has 0 saturated heterocycles. The summed E-state index contributed by atoms with van der Waals surface area (Å²) in [4.78, 5) is 0. The molecular formula is C7H4INO. The molecule has 0 fully saturated rings. The Hall–Kier alpha value is -0.580. The largest absolute Gasteiger partial charge is 0.355 e. The van der Waals surface area contributed by atoms with E-state index in [9.17, 15) is 0 Å². The van der Waals surface area contributed by atoms with Crippen LogP contribution in [0.15, 0.2) is 28.9 Å². The molecule has 1 aromatic heterocycles. The third-order valence-corrected chi connectivity index (χ3v) is 2.18. The highest BCUT2D eigenvalue weighted by Gasteiger charge is 1.99. The van der Waals surface area contributed by atoms with Gasteiger partial charge in [-0.1, -0.05) is 11.2 Å². The highest BCUT2D eigenvalue weighted by Crippen LogP contribution is 2.18. The van der Waals surface area contributed by atoms with Gasteiger partial charge in [-0.3, -0.25) is 0 Å². The van der Waals surface area contributed by atoms with Gasteiger partial charge in [0.2, 0.25) is 0 Å². The first-order valence-corrected chi connectivity index (χ1v) is 3.95. The molecule has 0 aliphatic carbocycles. The van der Waals surface area contributed by atoms with E-state index in [4.69, 9.17) is 4.52 Å². The Kier molecular flexibility index (Phi) is 1.37. The number of aromatic nitrogens is 1. The topological polar surface area (TPSA) is 26.0 Å². The number of para-hydroxylation sites is 1. The summed E-state index contributed by atoms with van der Waals surface area (Å²) in [7, 11) is 0. The second kappa shape index (κ2) is 2.23. The predicted octanol–water partition coefficient (Wildman–Crippen LogP) is 2.43. The van der Waals surface area contributed by atoms with E-state index < -0.39 is 0 Å². The van der Waals surface area contributed by atoms with Crippen molar-refractivity contribution in [3.8, 4) is 0 Å². The Balaban J connectivity index is 2.95. The normalized spacial score (nSPS) is 10.5. The second-order valence-corrected chi connectivity index (χ2v) is 3.15. The zero-order valence-corrected chi connectivity index (χ0v) is 7.20. The van der Waals surface area contributed by atoms with Gasteiger partial charge in [0.05, 0.1) is 9.77 Å². The van der Waals surface area contributed by atoms with Crippen LogP contribution in [0.5, 0.6) is 0 Å². The van der Waals surface area contributed by atoms with Crippen LogP contribution < -0.4 is 0 Å². The van der Waals surface area contributed by atoms with Crippen molar-refractivity contribution < 1.29 is 4.52 Å². The zero-order chi connectivity index (χ0) is 6.97. The van der Waals surface area contributed by atoms with Gasteiger partial charge in [-0.05, 0) is 34.7 Å². The standard InChI is InChI=1S/C7H4INO/c8-6-3-1-2-5-4-9-10-7(5)6/h1-4H. The van der Waals surface area contributed by atoms with Crippen molar-refractivity contribution in [2.24, 2.45) is 0 Å². The first-order chi connectivity index (χ1) is 4.88. The van der Waals surface area contributed by atoms with Crippen molar-refractivity contribution >= 4 is 33.6 Å². The maximum atomic E-state index is 4.99. The molecule has 2 aromatic rings.